The predicted molar refractivity (Wildman–Crippen MR) is 93.0 cm³/mol. The van der Waals surface area contributed by atoms with E-state index in [0.29, 0.717) is 11.4 Å². The zero-order chi connectivity index (χ0) is 17.9. The van der Waals surface area contributed by atoms with Crippen molar-refractivity contribution in [3.8, 4) is 11.8 Å². The second kappa shape index (κ2) is 9.47. The molecule has 0 unspecified atom stereocenters. The van der Waals surface area contributed by atoms with E-state index < -0.39 is 5.91 Å². The molecule has 0 aliphatic carbocycles. The number of hydrogen-bond donors (Lipinski definition) is 2. The monoisotopic (exact) mass is 336 g/mol. The molecule has 0 heterocycles. The van der Waals surface area contributed by atoms with Gasteiger partial charge in [-0.3, -0.25) is 9.59 Å². The number of nitrogens with zero attached hydrogens (tertiary/aromatic N) is 2. The summed E-state index contributed by atoms with van der Waals surface area (Å²) in [6.45, 7) is -0.105. The van der Waals surface area contributed by atoms with Gasteiger partial charge in [0.1, 0.15) is 12.2 Å². The van der Waals surface area contributed by atoms with Gasteiger partial charge in [-0.1, -0.05) is 18.2 Å². The van der Waals surface area contributed by atoms with Crippen LogP contribution in [0.5, 0.6) is 5.75 Å². The molecule has 0 aromatic heterocycles. The number of amides is 2. The summed E-state index contributed by atoms with van der Waals surface area (Å²) in [5.74, 6) is -0.186. The van der Waals surface area contributed by atoms with E-state index >= 15 is 0 Å². The van der Waals surface area contributed by atoms with E-state index in [-0.39, 0.29) is 18.9 Å². The van der Waals surface area contributed by atoms with Crippen LogP contribution in [0.3, 0.4) is 0 Å². The van der Waals surface area contributed by atoms with Crippen molar-refractivity contribution in [1.29, 1.82) is 5.26 Å². The topological polar surface area (TPSA) is 104 Å². The lowest BCUT2D eigenvalue weighted by atomic mass is 10.2. The minimum atomic E-state index is -0.469. The maximum Gasteiger partial charge on any atom is 0.262 e. The molecule has 2 N–H and O–H groups in total. The van der Waals surface area contributed by atoms with Gasteiger partial charge in [-0.25, -0.2) is 5.43 Å². The van der Waals surface area contributed by atoms with Crippen molar-refractivity contribution in [2.75, 3.05) is 11.9 Å². The number of carbonyl (C=O) groups excluding carboxylic acids is 2. The summed E-state index contributed by atoms with van der Waals surface area (Å²) in [5, 5.41) is 14.8. The molecule has 2 amide bonds. The summed E-state index contributed by atoms with van der Waals surface area (Å²) in [4.78, 5) is 22.9. The molecule has 0 aliphatic rings. The highest BCUT2D eigenvalue weighted by Crippen LogP contribution is 2.11. The summed E-state index contributed by atoms with van der Waals surface area (Å²) in [5.41, 5.74) is 3.68. The number of hydrazone groups is 1. The Balaban J connectivity index is 1.78. The fourth-order valence-electron chi connectivity index (χ4n) is 1.81. The van der Waals surface area contributed by atoms with Crippen LogP contribution in [0.15, 0.2) is 59.7 Å². The normalized spacial score (nSPS) is 10.0. The smallest absolute Gasteiger partial charge is 0.262 e. The minimum Gasteiger partial charge on any atom is -0.484 e. The highest BCUT2D eigenvalue weighted by Gasteiger charge is 2.03. The molecular weight excluding hydrogens is 320 g/mol. The first kappa shape index (κ1) is 17.7. The number of carbonyl (C=O) groups is 2. The molecule has 2 rings (SSSR count). The number of rotatable bonds is 7. The van der Waals surface area contributed by atoms with Gasteiger partial charge in [-0.2, -0.15) is 10.4 Å². The van der Waals surface area contributed by atoms with E-state index in [4.69, 9.17) is 10.00 Å². The second-order valence-electron chi connectivity index (χ2n) is 4.90. The van der Waals surface area contributed by atoms with Crippen molar-refractivity contribution in [2.45, 2.75) is 6.42 Å². The van der Waals surface area contributed by atoms with Crippen molar-refractivity contribution in [2.24, 2.45) is 5.10 Å². The van der Waals surface area contributed by atoms with Gasteiger partial charge in [0.25, 0.3) is 11.8 Å². The molecular formula is C18H16N4O3. The van der Waals surface area contributed by atoms with Gasteiger partial charge >= 0.3 is 0 Å². The Morgan fingerprint density at radius 3 is 2.48 bits per heavy atom. The summed E-state index contributed by atoms with van der Waals surface area (Å²) < 4.78 is 5.41. The number of anilines is 1. The van der Waals surface area contributed by atoms with E-state index in [9.17, 15) is 9.59 Å². The highest BCUT2D eigenvalue weighted by atomic mass is 16.5. The molecule has 0 bridgehead atoms. The molecule has 7 heteroatoms. The third kappa shape index (κ3) is 6.54. The summed E-state index contributed by atoms with van der Waals surface area (Å²) >= 11 is 0. The molecule has 0 saturated carbocycles. The first-order valence-corrected chi connectivity index (χ1v) is 7.44. The van der Waals surface area contributed by atoms with Crippen LogP contribution in [0, 0.1) is 11.3 Å². The number of hydrogen-bond acceptors (Lipinski definition) is 5. The Labute approximate surface area is 144 Å². The number of ether oxygens (including phenoxy) is 1. The first-order chi connectivity index (χ1) is 12.2. The largest absolute Gasteiger partial charge is 0.484 e. The molecule has 0 atom stereocenters. The maximum absolute atomic E-state index is 11.8. The van der Waals surface area contributed by atoms with Crippen LogP contribution < -0.4 is 15.5 Å². The average molecular weight is 336 g/mol. The SMILES string of the molecule is N#CCC(=O)N/N=C/c1ccc(OCC(=O)Nc2ccccc2)cc1. The predicted octanol–water partition coefficient (Wildman–Crippen LogP) is 2.07. The summed E-state index contributed by atoms with van der Waals surface area (Å²) in [6.07, 6.45) is 1.20. The van der Waals surface area contributed by atoms with E-state index in [1.165, 1.54) is 6.21 Å². The van der Waals surface area contributed by atoms with Gasteiger partial charge < -0.3 is 10.1 Å². The lowest BCUT2D eigenvalue weighted by molar-refractivity contribution is -0.120. The Kier molecular flexibility index (Phi) is 6.70. The minimum absolute atomic E-state index is 0.105. The molecule has 2 aromatic carbocycles. The van der Waals surface area contributed by atoms with Crippen molar-refractivity contribution in [3.05, 3.63) is 60.2 Å². The van der Waals surface area contributed by atoms with Crippen LogP contribution in [-0.4, -0.2) is 24.6 Å². The van der Waals surface area contributed by atoms with Crippen molar-refractivity contribution in [3.63, 3.8) is 0 Å². The Hall–Kier alpha value is -3.66. The molecule has 0 radical (unpaired) electrons. The Morgan fingerprint density at radius 1 is 1.08 bits per heavy atom. The first-order valence-electron chi connectivity index (χ1n) is 7.44. The average Bonchev–Trinajstić information content (AvgIpc) is 2.62. The molecule has 2 aromatic rings. The fraction of sp³-hybridized carbons (Fsp3) is 0.111. The zero-order valence-corrected chi connectivity index (χ0v) is 13.3. The standard InChI is InChI=1S/C18H16N4O3/c19-11-10-17(23)22-20-12-14-6-8-16(9-7-14)25-13-18(24)21-15-4-2-1-3-5-15/h1-9,12H,10,13H2,(H,21,24)(H,22,23)/b20-12+. The third-order valence-corrected chi connectivity index (χ3v) is 2.95. The van der Waals surface area contributed by atoms with Gasteiger partial charge in [0, 0.05) is 5.69 Å². The molecule has 0 aliphatic heterocycles. The van der Waals surface area contributed by atoms with Crippen LogP contribution in [0.1, 0.15) is 12.0 Å². The van der Waals surface area contributed by atoms with Crippen LogP contribution in [-0.2, 0) is 9.59 Å². The van der Waals surface area contributed by atoms with E-state index in [2.05, 4.69) is 15.8 Å². The van der Waals surface area contributed by atoms with Gasteiger partial charge in [-0.15, -0.1) is 0 Å². The lowest BCUT2D eigenvalue weighted by Gasteiger charge is -2.07. The van der Waals surface area contributed by atoms with Crippen LogP contribution in [0.2, 0.25) is 0 Å². The van der Waals surface area contributed by atoms with Crippen LogP contribution >= 0.6 is 0 Å². The summed E-state index contributed by atoms with van der Waals surface area (Å²) in [6, 6.07) is 17.7. The number of nitriles is 1. The highest BCUT2D eigenvalue weighted by molar-refractivity contribution is 5.91. The maximum atomic E-state index is 11.8. The Bertz CT molecular complexity index is 780. The molecule has 25 heavy (non-hydrogen) atoms. The molecule has 7 nitrogen and oxygen atoms in total. The number of benzene rings is 2. The van der Waals surface area contributed by atoms with Crippen LogP contribution in [0.4, 0.5) is 5.69 Å². The Morgan fingerprint density at radius 2 is 1.80 bits per heavy atom. The zero-order valence-electron chi connectivity index (χ0n) is 13.3. The number of nitrogens with one attached hydrogen (secondary N) is 2. The van der Waals surface area contributed by atoms with Gasteiger partial charge in [-0.05, 0) is 42.0 Å². The van der Waals surface area contributed by atoms with E-state index in [1.807, 2.05) is 18.2 Å². The van der Waals surface area contributed by atoms with E-state index in [1.54, 1.807) is 42.5 Å². The summed E-state index contributed by atoms with van der Waals surface area (Å²) in [7, 11) is 0. The lowest BCUT2D eigenvalue weighted by Crippen LogP contribution is -2.20. The van der Waals surface area contributed by atoms with Gasteiger partial charge in [0.15, 0.2) is 6.61 Å². The van der Waals surface area contributed by atoms with Crippen LogP contribution in [0.25, 0.3) is 0 Å². The molecule has 0 fully saturated rings. The quantitative estimate of drug-likeness (QED) is 0.596. The molecule has 0 saturated heterocycles. The molecule has 126 valence electrons. The van der Waals surface area contributed by atoms with E-state index in [0.717, 1.165) is 5.56 Å². The van der Waals surface area contributed by atoms with Crippen molar-refractivity contribution in [1.82, 2.24) is 5.43 Å². The van der Waals surface area contributed by atoms with Gasteiger partial charge in [0.2, 0.25) is 0 Å². The second-order valence-corrected chi connectivity index (χ2v) is 4.90. The van der Waals surface area contributed by atoms with Crippen molar-refractivity contribution >= 4 is 23.7 Å². The third-order valence-electron chi connectivity index (χ3n) is 2.95. The fourth-order valence-corrected chi connectivity index (χ4v) is 1.81. The van der Waals surface area contributed by atoms with Crippen molar-refractivity contribution < 1.29 is 14.3 Å². The van der Waals surface area contributed by atoms with Gasteiger partial charge in [0.05, 0.1) is 12.3 Å². The molecule has 0 spiro atoms. The number of para-hydroxylation sites is 1.